The van der Waals surface area contributed by atoms with Crippen LogP contribution in [0.15, 0.2) is 55.1 Å². The van der Waals surface area contributed by atoms with Crippen LogP contribution < -0.4 is 14.8 Å². The van der Waals surface area contributed by atoms with Crippen LogP contribution in [-0.4, -0.2) is 45.9 Å². The maximum Gasteiger partial charge on any atom is 0.271 e. The Hall–Kier alpha value is -3.42. The molecule has 0 saturated heterocycles. The summed E-state index contributed by atoms with van der Waals surface area (Å²) in [6.07, 6.45) is 5.01. The van der Waals surface area contributed by atoms with Gasteiger partial charge < -0.3 is 14.8 Å². The number of carbonyl (C=O) groups is 1. The summed E-state index contributed by atoms with van der Waals surface area (Å²) in [5.74, 6) is 1.76. The van der Waals surface area contributed by atoms with E-state index in [9.17, 15) is 4.79 Å². The molecule has 0 aliphatic carbocycles. The number of hydrogen-bond acceptors (Lipinski definition) is 6. The van der Waals surface area contributed by atoms with Gasteiger partial charge in [0, 0.05) is 12.4 Å². The van der Waals surface area contributed by atoms with Crippen molar-refractivity contribution in [1.29, 1.82) is 0 Å². The molecule has 8 nitrogen and oxygen atoms in total. The lowest BCUT2D eigenvalue weighted by molar-refractivity contribution is 0.0941. The van der Waals surface area contributed by atoms with Crippen molar-refractivity contribution in [3.63, 3.8) is 0 Å². The average Bonchev–Trinajstić information content (AvgIpc) is 3.20. The standard InChI is InChI=1S/C17H17N5O3/c1-24-13-2-4-14(5-3-13)25-11-9-19-17(23)15-6-7-16(21-20-15)22-10-8-18-12-22/h2-8,10,12H,9,11H2,1H3,(H,19,23). The molecule has 1 amide bonds. The topological polar surface area (TPSA) is 91.2 Å². The first-order valence-corrected chi connectivity index (χ1v) is 7.63. The Morgan fingerprint density at radius 1 is 1.12 bits per heavy atom. The Bertz CT molecular complexity index is 801. The van der Waals surface area contributed by atoms with E-state index in [4.69, 9.17) is 9.47 Å². The molecule has 2 aromatic heterocycles. The monoisotopic (exact) mass is 339 g/mol. The number of methoxy groups -OCH3 is 1. The summed E-state index contributed by atoms with van der Waals surface area (Å²) in [6, 6.07) is 10.6. The summed E-state index contributed by atoms with van der Waals surface area (Å²) in [6.45, 7) is 0.703. The molecule has 0 unspecified atom stereocenters. The number of amides is 1. The van der Waals surface area contributed by atoms with Crippen LogP contribution in [0.25, 0.3) is 5.82 Å². The average molecular weight is 339 g/mol. The number of carbonyl (C=O) groups excluding carboxylic acids is 1. The number of imidazole rings is 1. The van der Waals surface area contributed by atoms with E-state index < -0.39 is 0 Å². The molecule has 3 aromatic rings. The highest BCUT2D eigenvalue weighted by Gasteiger charge is 2.08. The molecule has 1 N–H and O–H groups in total. The summed E-state index contributed by atoms with van der Waals surface area (Å²) in [5.41, 5.74) is 0.244. The lowest BCUT2D eigenvalue weighted by Crippen LogP contribution is -2.29. The largest absolute Gasteiger partial charge is 0.497 e. The lowest BCUT2D eigenvalue weighted by atomic mass is 10.3. The minimum Gasteiger partial charge on any atom is -0.497 e. The van der Waals surface area contributed by atoms with Gasteiger partial charge in [-0.3, -0.25) is 9.36 Å². The van der Waals surface area contributed by atoms with Gasteiger partial charge in [0.2, 0.25) is 0 Å². The highest BCUT2D eigenvalue weighted by molar-refractivity contribution is 5.92. The summed E-state index contributed by atoms with van der Waals surface area (Å²) >= 11 is 0. The van der Waals surface area contributed by atoms with E-state index in [1.54, 1.807) is 54.7 Å². The molecule has 25 heavy (non-hydrogen) atoms. The molecule has 8 heteroatoms. The number of ether oxygens (including phenoxy) is 2. The number of rotatable bonds is 7. The second-order valence-corrected chi connectivity index (χ2v) is 5.03. The van der Waals surface area contributed by atoms with Crippen LogP contribution in [0.5, 0.6) is 11.5 Å². The second kappa shape index (κ2) is 7.91. The van der Waals surface area contributed by atoms with E-state index in [0.717, 1.165) is 5.75 Å². The Balaban J connectivity index is 1.45. The summed E-state index contributed by atoms with van der Waals surface area (Å²) < 4.78 is 12.3. The molecule has 0 aliphatic heterocycles. The first-order valence-electron chi connectivity index (χ1n) is 7.63. The number of hydrogen-bond donors (Lipinski definition) is 1. The summed E-state index contributed by atoms with van der Waals surface area (Å²) in [5, 5.41) is 10.7. The molecule has 3 rings (SSSR count). The first-order chi connectivity index (χ1) is 12.3. The zero-order valence-corrected chi connectivity index (χ0v) is 13.6. The maximum absolute atomic E-state index is 12.0. The van der Waals surface area contributed by atoms with Crippen LogP contribution in [0.4, 0.5) is 0 Å². The van der Waals surface area contributed by atoms with Crippen molar-refractivity contribution in [2.24, 2.45) is 0 Å². The quantitative estimate of drug-likeness (QED) is 0.656. The van der Waals surface area contributed by atoms with Crippen LogP contribution in [0, 0.1) is 0 Å². The molecule has 0 atom stereocenters. The second-order valence-electron chi connectivity index (χ2n) is 5.03. The molecule has 1 aromatic carbocycles. The van der Waals surface area contributed by atoms with Gasteiger partial charge in [-0.05, 0) is 36.4 Å². The number of benzene rings is 1. The van der Waals surface area contributed by atoms with Gasteiger partial charge in [0.25, 0.3) is 5.91 Å². The number of nitrogens with one attached hydrogen (secondary N) is 1. The van der Waals surface area contributed by atoms with Crippen LogP contribution >= 0.6 is 0 Å². The molecule has 0 aliphatic rings. The number of nitrogens with zero attached hydrogens (tertiary/aromatic N) is 4. The van der Waals surface area contributed by atoms with Crippen molar-refractivity contribution in [3.8, 4) is 17.3 Å². The fourth-order valence-electron chi connectivity index (χ4n) is 2.07. The Morgan fingerprint density at radius 3 is 2.56 bits per heavy atom. The third kappa shape index (κ3) is 4.31. The molecule has 0 spiro atoms. The van der Waals surface area contributed by atoms with E-state index in [-0.39, 0.29) is 11.6 Å². The van der Waals surface area contributed by atoms with Gasteiger partial charge in [-0.15, -0.1) is 10.2 Å². The fraction of sp³-hybridized carbons (Fsp3) is 0.176. The van der Waals surface area contributed by atoms with Crippen molar-refractivity contribution < 1.29 is 14.3 Å². The zero-order chi connectivity index (χ0) is 17.5. The Labute approximate surface area is 144 Å². The van der Waals surface area contributed by atoms with E-state index in [1.807, 2.05) is 12.1 Å². The third-order valence-corrected chi connectivity index (χ3v) is 3.37. The van der Waals surface area contributed by atoms with E-state index >= 15 is 0 Å². The van der Waals surface area contributed by atoms with Crippen molar-refractivity contribution in [2.45, 2.75) is 0 Å². The Kier molecular flexibility index (Phi) is 5.20. The van der Waals surface area contributed by atoms with Gasteiger partial charge in [0.1, 0.15) is 24.4 Å². The lowest BCUT2D eigenvalue weighted by Gasteiger charge is -2.08. The van der Waals surface area contributed by atoms with Crippen molar-refractivity contribution in [3.05, 3.63) is 60.8 Å². The Morgan fingerprint density at radius 2 is 1.92 bits per heavy atom. The van der Waals surface area contributed by atoms with Crippen LogP contribution in [0.3, 0.4) is 0 Å². The third-order valence-electron chi connectivity index (χ3n) is 3.37. The minimum absolute atomic E-state index is 0.244. The van der Waals surface area contributed by atoms with Crippen LogP contribution in [-0.2, 0) is 0 Å². The predicted molar refractivity (Wildman–Crippen MR) is 90.0 cm³/mol. The molecule has 0 bridgehead atoms. The number of aromatic nitrogens is 4. The van der Waals surface area contributed by atoms with E-state index in [0.29, 0.717) is 24.7 Å². The normalized spacial score (nSPS) is 10.3. The van der Waals surface area contributed by atoms with Crippen molar-refractivity contribution in [2.75, 3.05) is 20.3 Å². The van der Waals surface area contributed by atoms with Gasteiger partial charge in [0.15, 0.2) is 11.5 Å². The van der Waals surface area contributed by atoms with Gasteiger partial charge in [-0.25, -0.2) is 4.98 Å². The van der Waals surface area contributed by atoms with Gasteiger partial charge in [-0.1, -0.05) is 0 Å². The van der Waals surface area contributed by atoms with Gasteiger partial charge >= 0.3 is 0 Å². The van der Waals surface area contributed by atoms with Crippen molar-refractivity contribution >= 4 is 5.91 Å². The molecule has 0 saturated carbocycles. The van der Waals surface area contributed by atoms with E-state index in [1.165, 1.54) is 0 Å². The zero-order valence-electron chi connectivity index (χ0n) is 13.6. The van der Waals surface area contributed by atoms with Gasteiger partial charge in [0.05, 0.1) is 13.7 Å². The van der Waals surface area contributed by atoms with Crippen LogP contribution in [0.2, 0.25) is 0 Å². The molecule has 2 heterocycles. The van der Waals surface area contributed by atoms with Crippen molar-refractivity contribution in [1.82, 2.24) is 25.1 Å². The first kappa shape index (κ1) is 16.4. The minimum atomic E-state index is -0.303. The molecule has 128 valence electrons. The molecule has 0 radical (unpaired) electrons. The highest BCUT2D eigenvalue weighted by Crippen LogP contribution is 2.16. The van der Waals surface area contributed by atoms with E-state index in [2.05, 4.69) is 20.5 Å². The molecular formula is C17H17N5O3. The summed E-state index contributed by atoms with van der Waals surface area (Å²) in [4.78, 5) is 16.0. The highest BCUT2D eigenvalue weighted by atomic mass is 16.5. The molecule has 0 fully saturated rings. The molecular weight excluding hydrogens is 322 g/mol. The van der Waals surface area contributed by atoms with Gasteiger partial charge in [-0.2, -0.15) is 0 Å². The SMILES string of the molecule is COc1ccc(OCCNC(=O)c2ccc(-n3ccnc3)nn2)cc1. The predicted octanol–water partition coefficient (Wildman–Crippen LogP) is 1.48. The fourth-order valence-corrected chi connectivity index (χ4v) is 2.07. The smallest absolute Gasteiger partial charge is 0.271 e. The van der Waals surface area contributed by atoms with Crippen LogP contribution in [0.1, 0.15) is 10.5 Å². The summed E-state index contributed by atoms with van der Waals surface area (Å²) in [7, 11) is 1.61. The maximum atomic E-state index is 12.0.